The molecule has 2 nitrogen and oxygen atoms in total. The van der Waals surface area contributed by atoms with Gasteiger partial charge in [-0.05, 0) is 49.9 Å². The number of halogens is 1. The van der Waals surface area contributed by atoms with E-state index in [1.54, 1.807) is 0 Å². The molecule has 1 aliphatic rings. The summed E-state index contributed by atoms with van der Waals surface area (Å²) in [5, 5.41) is 5.45. The molecule has 106 valence electrons. The van der Waals surface area contributed by atoms with Crippen LogP contribution in [0.3, 0.4) is 0 Å². The zero-order chi connectivity index (χ0) is 13.9. The average molecular weight is 289 g/mol. The number of nitrogens with zero attached hydrogens (tertiary/aromatic N) is 1. The molecule has 0 saturated heterocycles. The number of rotatable bonds is 3. The number of hydrogen-bond donors (Lipinski definition) is 1. The van der Waals surface area contributed by atoms with Crippen molar-refractivity contribution in [2.45, 2.75) is 45.1 Å². The van der Waals surface area contributed by atoms with Crippen LogP contribution in [0.25, 0.3) is 10.9 Å². The zero-order valence-electron chi connectivity index (χ0n) is 11.9. The van der Waals surface area contributed by atoms with Gasteiger partial charge >= 0.3 is 0 Å². The van der Waals surface area contributed by atoms with E-state index in [0.29, 0.717) is 6.04 Å². The van der Waals surface area contributed by atoms with Gasteiger partial charge in [-0.15, -0.1) is 0 Å². The van der Waals surface area contributed by atoms with E-state index in [2.05, 4.69) is 23.3 Å². The molecular weight excluding hydrogens is 268 g/mol. The second-order valence-electron chi connectivity index (χ2n) is 5.83. The van der Waals surface area contributed by atoms with E-state index in [4.69, 9.17) is 11.6 Å². The summed E-state index contributed by atoms with van der Waals surface area (Å²) in [7, 11) is 0. The molecule has 0 aliphatic heterocycles. The van der Waals surface area contributed by atoms with Crippen LogP contribution in [-0.4, -0.2) is 11.0 Å². The number of fused-ring (bicyclic) bond motifs is 1. The van der Waals surface area contributed by atoms with Crippen molar-refractivity contribution in [2.24, 2.45) is 5.92 Å². The molecule has 1 N–H and O–H groups in total. The summed E-state index contributed by atoms with van der Waals surface area (Å²) in [5.41, 5.74) is 2.07. The van der Waals surface area contributed by atoms with Crippen LogP contribution in [0.2, 0.25) is 5.02 Å². The molecule has 20 heavy (non-hydrogen) atoms. The van der Waals surface area contributed by atoms with Crippen molar-refractivity contribution in [3.63, 3.8) is 0 Å². The highest BCUT2D eigenvalue weighted by atomic mass is 35.5. The number of hydrogen-bond acceptors (Lipinski definition) is 2. The monoisotopic (exact) mass is 288 g/mol. The smallest absolute Gasteiger partial charge is 0.0948 e. The minimum Gasteiger partial charge on any atom is -0.381 e. The van der Waals surface area contributed by atoms with Gasteiger partial charge in [-0.2, -0.15) is 0 Å². The molecular formula is C17H21ClN2. The van der Waals surface area contributed by atoms with Crippen LogP contribution < -0.4 is 5.32 Å². The van der Waals surface area contributed by atoms with Gasteiger partial charge in [0.2, 0.25) is 0 Å². The molecule has 1 atom stereocenters. The Morgan fingerprint density at radius 1 is 1.20 bits per heavy atom. The van der Waals surface area contributed by atoms with Gasteiger partial charge in [-0.25, -0.2) is 0 Å². The van der Waals surface area contributed by atoms with Crippen molar-refractivity contribution in [1.29, 1.82) is 0 Å². The van der Waals surface area contributed by atoms with E-state index in [-0.39, 0.29) is 0 Å². The van der Waals surface area contributed by atoms with Crippen LogP contribution in [-0.2, 0) is 0 Å². The first-order valence-corrected chi connectivity index (χ1v) is 7.93. The first kappa shape index (κ1) is 13.7. The largest absolute Gasteiger partial charge is 0.381 e. The Morgan fingerprint density at radius 3 is 2.80 bits per heavy atom. The van der Waals surface area contributed by atoms with Gasteiger partial charge in [0.25, 0.3) is 0 Å². The van der Waals surface area contributed by atoms with Crippen LogP contribution in [0.15, 0.2) is 30.5 Å². The lowest BCUT2D eigenvalue weighted by Crippen LogP contribution is -2.27. The maximum absolute atomic E-state index is 6.25. The van der Waals surface area contributed by atoms with E-state index in [0.717, 1.165) is 27.5 Å². The van der Waals surface area contributed by atoms with Gasteiger partial charge in [-0.1, -0.05) is 30.9 Å². The summed E-state index contributed by atoms with van der Waals surface area (Å²) in [4.78, 5) is 4.49. The maximum Gasteiger partial charge on any atom is 0.0948 e. The molecule has 3 heteroatoms. The molecule has 0 radical (unpaired) electrons. The summed E-state index contributed by atoms with van der Waals surface area (Å²) >= 11 is 6.25. The van der Waals surface area contributed by atoms with E-state index in [9.17, 15) is 0 Å². The maximum atomic E-state index is 6.25. The second-order valence-corrected chi connectivity index (χ2v) is 6.23. The highest BCUT2D eigenvalue weighted by Gasteiger charge is 2.20. The van der Waals surface area contributed by atoms with Crippen LogP contribution in [0.4, 0.5) is 5.69 Å². The van der Waals surface area contributed by atoms with Gasteiger partial charge in [0.15, 0.2) is 0 Å². The Morgan fingerprint density at radius 2 is 2.00 bits per heavy atom. The Balaban J connectivity index is 1.85. The fourth-order valence-corrected chi connectivity index (χ4v) is 3.47. The Labute approximate surface area is 125 Å². The lowest BCUT2D eigenvalue weighted by molar-refractivity contribution is 0.328. The Hall–Kier alpha value is -1.28. The van der Waals surface area contributed by atoms with E-state index < -0.39 is 0 Å². The van der Waals surface area contributed by atoms with Crippen LogP contribution >= 0.6 is 11.6 Å². The minimum atomic E-state index is 0.488. The lowest BCUT2D eigenvalue weighted by atomic mass is 9.84. The van der Waals surface area contributed by atoms with Crippen LogP contribution in [0.1, 0.15) is 39.0 Å². The molecule has 0 amide bonds. The minimum absolute atomic E-state index is 0.488. The third-order valence-electron chi connectivity index (χ3n) is 4.46. The van der Waals surface area contributed by atoms with E-state index in [1.807, 2.05) is 24.4 Å². The standard InChI is InChI=1S/C17H21ClN2/c1-12(13-6-3-2-4-7-13)20-16-10-9-15(18)14-8-5-11-19-17(14)16/h5,8-13,20H,2-4,6-7H2,1H3. The third-order valence-corrected chi connectivity index (χ3v) is 4.79. The summed E-state index contributed by atoms with van der Waals surface area (Å²) in [6, 6.07) is 8.46. The predicted octanol–water partition coefficient (Wildman–Crippen LogP) is 5.27. The second kappa shape index (κ2) is 6.01. The van der Waals surface area contributed by atoms with Gasteiger partial charge in [0.1, 0.15) is 0 Å². The summed E-state index contributed by atoms with van der Waals surface area (Å²) < 4.78 is 0. The summed E-state index contributed by atoms with van der Waals surface area (Å²) in [5.74, 6) is 0.776. The highest BCUT2D eigenvalue weighted by molar-refractivity contribution is 6.35. The Bertz CT molecular complexity index is 591. The molecule has 1 saturated carbocycles. The third kappa shape index (κ3) is 2.76. The molecule has 0 bridgehead atoms. The average Bonchev–Trinajstić information content (AvgIpc) is 2.51. The number of nitrogens with one attached hydrogen (secondary N) is 1. The van der Waals surface area contributed by atoms with Crippen molar-refractivity contribution in [3.8, 4) is 0 Å². The van der Waals surface area contributed by atoms with Crippen molar-refractivity contribution < 1.29 is 0 Å². The molecule has 0 spiro atoms. The van der Waals surface area contributed by atoms with Crippen molar-refractivity contribution in [2.75, 3.05) is 5.32 Å². The zero-order valence-corrected chi connectivity index (χ0v) is 12.7. The normalized spacial score (nSPS) is 18.1. The number of benzene rings is 1. The number of aromatic nitrogens is 1. The molecule has 1 aromatic heterocycles. The van der Waals surface area contributed by atoms with E-state index >= 15 is 0 Å². The number of anilines is 1. The molecule has 2 aromatic rings. The number of pyridine rings is 1. The lowest BCUT2D eigenvalue weighted by Gasteiger charge is -2.29. The first-order valence-electron chi connectivity index (χ1n) is 7.55. The summed E-state index contributed by atoms with van der Waals surface area (Å²) in [6.07, 6.45) is 8.65. The van der Waals surface area contributed by atoms with Crippen LogP contribution in [0, 0.1) is 5.92 Å². The first-order chi connectivity index (χ1) is 9.75. The quantitative estimate of drug-likeness (QED) is 0.832. The molecule has 1 aliphatic carbocycles. The van der Waals surface area contributed by atoms with Gasteiger partial charge in [-0.3, -0.25) is 4.98 Å². The fraction of sp³-hybridized carbons (Fsp3) is 0.471. The molecule has 1 aromatic carbocycles. The summed E-state index contributed by atoms with van der Waals surface area (Å²) in [6.45, 7) is 2.29. The van der Waals surface area contributed by atoms with Gasteiger partial charge < -0.3 is 5.32 Å². The molecule has 1 unspecified atom stereocenters. The van der Waals surface area contributed by atoms with Crippen molar-refractivity contribution >= 4 is 28.2 Å². The highest BCUT2D eigenvalue weighted by Crippen LogP contribution is 2.31. The fourth-order valence-electron chi connectivity index (χ4n) is 3.25. The van der Waals surface area contributed by atoms with Crippen LogP contribution in [0.5, 0.6) is 0 Å². The topological polar surface area (TPSA) is 24.9 Å². The van der Waals surface area contributed by atoms with Crippen molar-refractivity contribution in [3.05, 3.63) is 35.5 Å². The molecule has 1 heterocycles. The van der Waals surface area contributed by atoms with Gasteiger partial charge in [0, 0.05) is 17.6 Å². The molecule has 1 fully saturated rings. The van der Waals surface area contributed by atoms with Crippen molar-refractivity contribution in [1.82, 2.24) is 4.98 Å². The molecule has 3 rings (SSSR count). The predicted molar refractivity (Wildman–Crippen MR) is 86.4 cm³/mol. The SMILES string of the molecule is CC(Nc1ccc(Cl)c2cccnc12)C1CCCCC1. The van der Waals surface area contributed by atoms with Gasteiger partial charge in [0.05, 0.1) is 16.2 Å². The van der Waals surface area contributed by atoms with E-state index in [1.165, 1.54) is 32.1 Å². The Kier molecular flexibility index (Phi) is 4.11.